The van der Waals surface area contributed by atoms with E-state index in [4.69, 9.17) is 9.15 Å². The first-order valence-electron chi connectivity index (χ1n) is 7.12. The molecule has 2 aromatic rings. The second kappa shape index (κ2) is 5.72. The molecule has 1 atom stereocenters. The van der Waals surface area contributed by atoms with Gasteiger partial charge in [-0.25, -0.2) is 4.79 Å². The Balaban J connectivity index is 2.21. The molecule has 6 nitrogen and oxygen atoms in total. The summed E-state index contributed by atoms with van der Waals surface area (Å²) in [7, 11) is 1.26. The molecule has 0 spiro atoms. The molecule has 0 saturated carbocycles. The number of hydrogen-bond acceptors (Lipinski definition) is 5. The van der Waals surface area contributed by atoms with Gasteiger partial charge in [0.2, 0.25) is 5.91 Å². The van der Waals surface area contributed by atoms with Crippen LogP contribution in [0.5, 0.6) is 0 Å². The number of esters is 1. The summed E-state index contributed by atoms with van der Waals surface area (Å²) in [6.45, 7) is 1.61. The maximum absolute atomic E-state index is 12.7. The van der Waals surface area contributed by atoms with Gasteiger partial charge in [-0.15, -0.1) is 0 Å². The molecule has 0 saturated heterocycles. The van der Waals surface area contributed by atoms with E-state index in [1.165, 1.54) is 13.4 Å². The standard InChI is InChI=1S/C17H15NO5/c1-9-15(17(21)22-2)11(7-14(19)18-9)12-8-23-13-6-4-3-5-10(13)16(12)20/h3-6,8,11H,7H2,1-2H3,(H,18,19). The zero-order valence-electron chi connectivity index (χ0n) is 12.7. The number of carbonyl (C=O) groups is 2. The molecule has 1 aromatic heterocycles. The highest BCUT2D eigenvalue weighted by Gasteiger charge is 2.34. The average Bonchev–Trinajstić information content (AvgIpc) is 2.54. The van der Waals surface area contributed by atoms with Crippen molar-refractivity contribution in [3.05, 3.63) is 57.6 Å². The van der Waals surface area contributed by atoms with Crippen molar-refractivity contribution in [2.75, 3.05) is 7.11 Å². The van der Waals surface area contributed by atoms with E-state index in [1.54, 1.807) is 31.2 Å². The van der Waals surface area contributed by atoms with Crippen LogP contribution in [0.3, 0.4) is 0 Å². The third-order valence-corrected chi connectivity index (χ3v) is 3.96. The Hall–Kier alpha value is -2.89. The predicted molar refractivity (Wildman–Crippen MR) is 82.7 cm³/mol. The summed E-state index contributed by atoms with van der Waals surface area (Å²) in [6.07, 6.45) is 1.31. The lowest BCUT2D eigenvalue weighted by atomic mass is 9.85. The maximum Gasteiger partial charge on any atom is 0.336 e. The third-order valence-electron chi connectivity index (χ3n) is 3.96. The van der Waals surface area contributed by atoms with Crippen molar-refractivity contribution in [1.29, 1.82) is 0 Å². The fourth-order valence-corrected chi connectivity index (χ4v) is 2.88. The Morgan fingerprint density at radius 3 is 2.78 bits per heavy atom. The molecule has 6 heteroatoms. The minimum absolute atomic E-state index is 0.00905. The Morgan fingerprint density at radius 2 is 2.04 bits per heavy atom. The maximum atomic E-state index is 12.7. The summed E-state index contributed by atoms with van der Waals surface area (Å²) >= 11 is 0. The van der Waals surface area contributed by atoms with E-state index in [9.17, 15) is 14.4 Å². The molecule has 1 N–H and O–H groups in total. The van der Waals surface area contributed by atoms with Crippen molar-refractivity contribution >= 4 is 22.8 Å². The Morgan fingerprint density at radius 1 is 1.30 bits per heavy atom. The quantitative estimate of drug-likeness (QED) is 0.855. The number of fused-ring (bicyclic) bond motifs is 1. The number of nitrogens with one attached hydrogen (secondary N) is 1. The third kappa shape index (κ3) is 2.52. The number of benzene rings is 1. The van der Waals surface area contributed by atoms with E-state index < -0.39 is 11.9 Å². The number of allylic oxidation sites excluding steroid dienone is 1. The first kappa shape index (κ1) is 15.0. The number of ether oxygens (including phenoxy) is 1. The van der Waals surface area contributed by atoms with Crippen molar-refractivity contribution in [2.45, 2.75) is 19.3 Å². The van der Waals surface area contributed by atoms with Gasteiger partial charge < -0.3 is 14.5 Å². The highest BCUT2D eigenvalue weighted by atomic mass is 16.5. The molecule has 1 aliphatic rings. The van der Waals surface area contributed by atoms with Gasteiger partial charge in [0.05, 0.1) is 24.3 Å². The molecular formula is C17H15NO5. The summed E-state index contributed by atoms with van der Waals surface area (Å²) in [5.41, 5.74) is 1.15. The van der Waals surface area contributed by atoms with Crippen LogP contribution in [-0.2, 0) is 14.3 Å². The van der Waals surface area contributed by atoms with E-state index in [2.05, 4.69) is 5.32 Å². The zero-order chi connectivity index (χ0) is 16.6. The minimum Gasteiger partial charge on any atom is -0.466 e. The smallest absolute Gasteiger partial charge is 0.336 e. The summed E-state index contributed by atoms with van der Waals surface area (Å²) in [5.74, 6) is -1.51. The van der Waals surface area contributed by atoms with Gasteiger partial charge in [0, 0.05) is 23.6 Å². The van der Waals surface area contributed by atoms with Crippen LogP contribution in [0.1, 0.15) is 24.8 Å². The van der Waals surface area contributed by atoms with Crippen LogP contribution in [0.15, 0.2) is 51.0 Å². The van der Waals surface area contributed by atoms with Gasteiger partial charge in [0.1, 0.15) is 5.58 Å². The van der Waals surface area contributed by atoms with Crippen LogP contribution >= 0.6 is 0 Å². The van der Waals surface area contributed by atoms with Crippen LogP contribution in [0.4, 0.5) is 0 Å². The first-order valence-corrected chi connectivity index (χ1v) is 7.12. The molecule has 118 valence electrons. The van der Waals surface area contributed by atoms with Gasteiger partial charge in [-0.2, -0.15) is 0 Å². The monoisotopic (exact) mass is 313 g/mol. The molecule has 1 aromatic carbocycles. The summed E-state index contributed by atoms with van der Waals surface area (Å²) in [4.78, 5) is 36.7. The lowest BCUT2D eigenvalue weighted by Crippen LogP contribution is -2.35. The highest BCUT2D eigenvalue weighted by Crippen LogP contribution is 2.32. The van der Waals surface area contributed by atoms with E-state index in [1.807, 2.05) is 0 Å². The molecule has 3 rings (SSSR count). The lowest BCUT2D eigenvalue weighted by Gasteiger charge is -2.25. The molecule has 23 heavy (non-hydrogen) atoms. The highest BCUT2D eigenvalue weighted by molar-refractivity contribution is 5.96. The van der Waals surface area contributed by atoms with Gasteiger partial charge >= 0.3 is 5.97 Å². The second-order valence-corrected chi connectivity index (χ2v) is 5.35. The Labute approximate surface area is 131 Å². The van der Waals surface area contributed by atoms with Gasteiger partial charge in [-0.3, -0.25) is 9.59 Å². The van der Waals surface area contributed by atoms with E-state index in [0.29, 0.717) is 16.7 Å². The molecule has 1 aliphatic heterocycles. The van der Waals surface area contributed by atoms with Gasteiger partial charge in [0.25, 0.3) is 0 Å². The van der Waals surface area contributed by atoms with Gasteiger partial charge in [0.15, 0.2) is 5.43 Å². The van der Waals surface area contributed by atoms with Crippen molar-refractivity contribution in [3.63, 3.8) is 0 Å². The van der Waals surface area contributed by atoms with E-state index >= 15 is 0 Å². The second-order valence-electron chi connectivity index (χ2n) is 5.35. The van der Waals surface area contributed by atoms with Crippen molar-refractivity contribution in [3.8, 4) is 0 Å². The topological polar surface area (TPSA) is 85.6 Å². The Kier molecular flexibility index (Phi) is 3.73. The molecule has 0 aliphatic carbocycles. The summed E-state index contributed by atoms with van der Waals surface area (Å²) < 4.78 is 10.3. The van der Waals surface area contributed by atoms with Crippen LogP contribution in [-0.4, -0.2) is 19.0 Å². The molecular weight excluding hydrogens is 298 g/mol. The molecule has 1 amide bonds. The van der Waals surface area contributed by atoms with Crippen LogP contribution in [0.25, 0.3) is 11.0 Å². The predicted octanol–water partition coefficient (Wildman–Crippen LogP) is 1.84. The van der Waals surface area contributed by atoms with Crippen LogP contribution in [0.2, 0.25) is 0 Å². The number of carbonyl (C=O) groups excluding carboxylic acids is 2. The zero-order valence-corrected chi connectivity index (χ0v) is 12.7. The van der Waals surface area contributed by atoms with E-state index in [-0.39, 0.29) is 28.9 Å². The largest absolute Gasteiger partial charge is 0.466 e. The molecule has 2 heterocycles. The molecule has 0 fully saturated rings. The fourth-order valence-electron chi connectivity index (χ4n) is 2.88. The first-order chi connectivity index (χ1) is 11.0. The SMILES string of the molecule is COC(=O)C1=C(C)NC(=O)CC1c1coc2ccccc2c1=O. The van der Waals surface area contributed by atoms with Crippen molar-refractivity contribution < 1.29 is 18.7 Å². The molecule has 0 radical (unpaired) electrons. The lowest BCUT2D eigenvalue weighted by molar-refractivity contribution is -0.136. The van der Waals surface area contributed by atoms with Gasteiger partial charge in [-0.1, -0.05) is 12.1 Å². The molecule has 0 bridgehead atoms. The van der Waals surface area contributed by atoms with Crippen LogP contribution < -0.4 is 10.7 Å². The van der Waals surface area contributed by atoms with Gasteiger partial charge in [-0.05, 0) is 19.1 Å². The molecule has 1 unspecified atom stereocenters. The van der Waals surface area contributed by atoms with Crippen LogP contribution in [0, 0.1) is 0 Å². The average molecular weight is 313 g/mol. The summed E-state index contributed by atoms with van der Waals surface area (Å²) in [6, 6.07) is 6.85. The summed E-state index contributed by atoms with van der Waals surface area (Å²) in [5, 5.41) is 3.02. The Bertz CT molecular complexity index is 893. The number of methoxy groups -OCH3 is 1. The number of rotatable bonds is 2. The minimum atomic E-state index is -0.683. The fraction of sp³-hybridized carbons (Fsp3) is 0.235. The van der Waals surface area contributed by atoms with Crippen molar-refractivity contribution in [2.24, 2.45) is 0 Å². The number of amides is 1. The number of para-hydroxylation sites is 1. The number of hydrogen-bond donors (Lipinski definition) is 1. The normalized spacial score (nSPS) is 18.0. The van der Waals surface area contributed by atoms with E-state index in [0.717, 1.165) is 0 Å². The van der Waals surface area contributed by atoms with Crippen molar-refractivity contribution in [1.82, 2.24) is 5.32 Å².